The second-order valence-electron chi connectivity index (χ2n) is 5.17. The van der Waals surface area contributed by atoms with Crippen molar-refractivity contribution in [3.8, 4) is 11.5 Å². The molecule has 1 aliphatic rings. The van der Waals surface area contributed by atoms with E-state index < -0.39 is 12.0 Å². The molecule has 1 aromatic carbocycles. The Bertz CT molecular complexity index is 717. The van der Waals surface area contributed by atoms with E-state index in [1.165, 1.54) is 19.1 Å². The zero-order chi connectivity index (χ0) is 18.0. The Hall–Kier alpha value is -1.97. The number of halogens is 1. The van der Waals surface area contributed by atoms with E-state index in [9.17, 15) is 14.7 Å². The summed E-state index contributed by atoms with van der Waals surface area (Å²) in [4.78, 5) is 26.1. The fraction of sp³-hybridized carbons (Fsp3) is 0.375. The number of phenols is 1. The number of hydrogen-bond acceptors (Lipinski definition) is 5. The van der Waals surface area contributed by atoms with Crippen LogP contribution in [0.25, 0.3) is 0 Å². The Morgan fingerprint density at radius 1 is 1.42 bits per heavy atom. The number of urea groups is 1. The summed E-state index contributed by atoms with van der Waals surface area (Å²) in [6.07, 6.45) is 0. The molecule has 8 heteroatoms. The zero-order valence-electron chi connectivity index (χ0n) is 13.8. The number of aromatic hydroxyl groups is 1. The first-order chi connectivity index (χ1) is 11.3. The Labute approximate surface area is 153 Å². The maximum Gasteiger partial charge on any atom is 0.337 e. The fourth-order valence-electron chi connectivity index (χ4n) is 2.70. The molecule has 0 radical (unpaired) electrons. The molecule has 0 saturated heterocycles. The molecule has 0 unspecified atom stereocenters. The van der Waals surface area contributed by atoms with Gasteiger partial charge in [-0.2, -0.15) is 0 Å². The predicted octanol–water partition coefficient (Wildman–Crippen LogP) is 2.54. The smallest absolute Gasteiger partial charge is 0.337 e. The van der Waals surface area contributed by atoms with Crippen molar-refractivity contribution < 1.29 is 24.2 Å². The molecule has 0 saturated carbocycles. The number of amides is 2. The zero-order valence-corrected chi connectivity index (χ0v) is 16.0. The van der Waals surface area contributed by atoms with E-state index in [1.54, 1.807) is 19.1 Å². The molecular weight excluding hydrogens is 427 g/mol. The van der Waals surface area contributed by atoms with E-state index in [4.69, 9.17) is 9.47 Å². The normalized spacial score (nSPS) is 17.6. The standard InChI is InChI=1S/C16H19IN2O5/c1-5-19-8(2)12(15(21)24-4)13(18-16(19)22)9-6-10(17)14(20)11(7-9)23-3/h6-7,13,20H,5H2,1-4H3,(H,18,22)/t13-/m0/s1. The summed E-state index contributed by atoms with van der Waals surface area (Å²) in [5.74, 6) is -0.233. The van der Waals surface area contributed by atoms with Crippen LogP contribution in [0.2, 0.25) is 0 Å². The Balaban J connectivity index is 2.63. The van der Waals surface area contributed by atoms with Crippen molar-refractivity contribution in [2.24, 2.45) is 0 Å². The van der Waals surface area contributed by atoms with Crippen molar-refractivity contribution in [2.75, 3.05) is 20.8 Å². The first-order valence-corrected chi connectivity index (χ1v) is 8.37. The van der Waals surface area contributed by atoms with Gasteiger partial charge in [0.15, 0.2) is 11.5 Å². The van der Waals surface area contributed by atoms with Gasteiger partial charge < -0.3 is 19.9 Å². The summed E-state index contributed by atoms with van der Waals surface area (Å²) in [6, 6.07) is 2.31. The number of methoxy groups -OCH3 is 2. The highest BCUT2D eigenvalue weighted by Crippen LogP contribution is 2.38. The van der Waals surface area contributed by atoms with Crippen molar-refractivity contribution in [2.45, 2.75) is 19.9 Å². The third-order valence-electron chi connectivity index (χ3n) is 3.92. The second-order valence-corrected chi connectivity index (χ2v) is 6.33. The molecule has 1 heterocycles. The molecule has 7 nitrogen and oxygen atoms in total. The molecule has 0 fully saturated rings. The van der Waals surface area contributed by atoms with E-state index in [0.29, 0.717) is 26.9 Å². The maximum atomic E-state index is 12.3. The van der Waals surface area contributed by atoms with E-state index in [-0.39, 0.29) is 17.5 Å². The summed E-state index contributed by atoms with van der Waals surface area (Å²) >= 11 is 1.97. The predicted molar refractivity (Wildman–Crippen MR) is 95.7 cm³/mol. The highest BCUT2D eigenvalue weighted by Gasteiger charge is 2.36. The van der Waals surface area contributed by atoms with Crippen molar-refractivity contribution in [1.82, 2.24) is 10.2 Å². The van der Waals surface area contributed by atoms with Crippen LogP contribution in [-0.4, -0.2) is 42.8 Å². The number of carbonyl (C=O) groups excluding carboxylic acids is 2. The molecular formula is C16H19IN2O5. The van der Waals surface area contributed by atoms with Crippen molar-refractivity contribution in [3.05, 3.63) is 32.5 Å². The quantitative estimate of drug-likeness (QED) is 0.549. The molecule has 2 N–H and O–H groups in total. The van der Waals surface area contributed by atoms with Crippen LogP contribution in [0.4, 0.5) is 4.79 Å². The highest BCUT2D eigenvalue weighted by molar-refractivity contribution is 14.1. The van der Waals surface area contributed by atoms with Gasteiger partial charge in [-0.3, -0.25) is 4.90 Å². The molecule has 2 amide bonds. The van der Waals surface area contributed by atoms with Crippen molar-refractivity contribution in [1.29, 1.82) is 0 Å². The average molecular weight is 446 g/mol. The number of rotatable bonds is 4. The Morgan fingerprint density at radius 2 is 2.08 bits per heavy atom. The largest absolute Gasteiger partial charge is 0.504 e. The van der Waals surface area contributed by atoms with E-state index in [0.717, 1.165) is 0 Å². The number of carbonyl (C=O) groups is 2. The van der Waals surface area contributed by atoms with Gasteiger partial charge in [0, 0.05) is 12.2 Å². The SMILES string of the molecule is CCN1C(=O)N[C@@H](c2cc(I)c(O)c(OC)c2)C(C(=O)OC)=C1C. The van der Waals surface area contributed by atoms with Gasteiger partial charge in [0.25, 0.3) is 0 Å². The summed E-state index contributed by atoms with van der Waals surface area (Å²) in [6.45, 7) is 3.97. The number of phenolic OH excluding ortho intramolecular Hbond substituents is 1. The number of benzene rings is 1. The average Bonchev–Trinajstić information content (AvgIpc) is 2.56. The Morgan fingerprint density at radius 3 is 2.62 bits per heavy atom. The first kappa shape index (κ1) is 18.4. The van der Waals surface area contributed by atoms with Crippen LogP contribution in [0.3, 0.4) is 0 Å². The molecule has 0 aliphatic carbocycles. The van der Waals surface area contributed by atoms with Crippen molar-refractivity contribution >= 4 is 34.6 Å². The van der Waals surface area contributed by atoms with Crippen LogP contribution < -0.4 is 10.1 Å². The number of esters is 1. The minimum Gasteiger partial charge on any atom is -0.504 e. The van der Waals surface area contributed by atoms with Gasteiger partial charge in [-0.1, -0.05) is 0 Å². The van der Waals surface area contributed by atoms with Crippen LogP contribution in [0.5, 0.6) is 11.5 Å². The van der Waals surface area contributed by atoms with Gasteiger partial charge >= 0.3 is 12.0 Å². The maximum absolute atomic E-state index is 12.3. The molecule has 0 spiro atoms. The molecule has 24 heavy (non-hydrogen) atoms. The molecule has 130 valence electrons. The molecule has 2 rings (SSSR count). The highest BCUT2D eigenvalue weighted by atomic mass is 127. The number of nitrogens with zero attached hydrogens (tertiary/aromatic N) is 1. The number of nitrogens with one attached hydrogen (secondary N) is 1. The summed E-state index contributed by atoms with van der Waals surface area (Å²) in [7, 11) is 2.74. The van der Waals surface area contributed by atoms with Crippen LogP contribution in [0.1, 0.15) is 25.5 Å². The van der Waals surface area contributed by atoms with Crippen LogP contribution in [0, 0.1) is 3.57 Å². The lowest BCUT2D eigenvalue weighted by atomic mass is 9.94. The summed E-state index contributed by atoms with van der Waals surface area (Å²) in [5.41, 5.74) is 1.51. The van der Waals surface area contributed by atoms with Gasteiger partial charge in [-0.05, 0) is 54.1 Å². The van der Waals surface area contributed by atoms with Gasteiger partial charge in [0.2, 0.25) is 0 Å². The van der Waals surface area contributed by atoms with Crippen LogP contribution in [0.15, 0.2) is 23.4 Å². The molecule has 1 aromatic rings. The van der Waals surface area contributed by atoms with Crippen LogP contribution in [-0.2, 0) is 9.53 Å². The minimum absolute atomic E-state index is 0.0134. The van der Waals surface area contributed by atoms with E-state index in [1.807, 2.05) is 29.5 Å². The molecule has 0 bridgehead atoms. The van der Waals surface area contributed by atoms with Gasteiger partial charge in [0.05, 0.1) is 29.4 Å². The van der Waals surface area contributed by atoms with E-state index >= 15 is 0 Å². The van der Waals surface area contributed by atoms with Gasteiger partial charge in [-0.15, -0.1) is 0 Å². The van der Waals surface area contributed by atoms with E-state index in [2.05, 4.69) is 5.32 Å². The second kappa shape index (κ2) is 7.29. The number of hydrogen-bond donors (Lipinski definition) is 2. The lowest BCUT2D eigenvalue weighted by Gasteiger charge is -2.34. The Kier molecular flexibility index (Phi) is 5.58. The number of ether oxygens (including phenoxy) is 2. The summed E-state index contributed by atoms with van der Waals surface area (Å²) in [5, 5.41) is 12.8. The summed E-state index contributed by atoms with van der Waals surface area (Å²) < 4.78 is 10.6. The van der Waals surface area contributed by atoms with Crippen molar-refractivity contribution in [3.63, 3.8) is 0 Å². The monoisotopic (exact) mass is 446 g/mol. The lowest BCUT2D eigenvalue weighted by molar-refractivity contribution is -0.136. The first-order valence-electron chi connectivity index (χ1n) is 7.29. The molecule has 1 aliphatic heterocycles. The lowest BCUT2D eigenvalue weighted by Crippen LogP contribution is -2.47. The fourth-order valence-corrected chi connectivity index (χ4v) is 3.33. The topological polar surface area (TPSA) is 88.1 Å². The van der Waals surface area contributed by atoms with Crippen LogP contribution >= 0.6 is 22.6 Å². The molecule has 0 aromatic heterocycles. The minimum atomic E-state index is -0.684. The third kappa shape index (κ3) is 3.14. The number of allylic oxidation sites excluding steroid dienone is 1. The van der Waals surface area contributed by atoms with Gasteiger partial charge in [-0.25, -0.2) is 9.59 Å². The van der Waals surface area contributed by atoms with Gasteiger partial charge in [0.1, 0.15) is 0 Å². The third-order valence-corrected chi connectivity index (χ3v) is 4.74. The molecule has 1 atom stereocenters.